The lowest BCUT2D eigenvalue weighted by molar-refractivity contribution is -0.131. The van der Waals surface area contributed by atoms with Crippen LogP contribution in [0.15, 0.2) is 47.4 Å². The number of carbonyl (C=O) groups is 1. The van der Waals surface area contributed by atoms with Crippen LogP contribution in [0.25, 0.3) is 0 Å². The van der Waals surface area contributed by atoms with E-state index in [1.807, 2.05) is 0 Å². The summed E-state index contributed by atoms with van der Waals surface area (Å²) in [5.74, 6) is -0.151. The smallest absolute Gasteiger partial charge is 0.243 e. The third-order valence-electron chi connectivity index (χ3n) is 5.08. The summed E-state index contributed by atoms with van der Waals surface area (Å²) < 4.78 is 46.3. The predicted octanol–water partition coefficient (Wildman–Crippen LogP) is 2.50. The van der Waals surface area contributed by atoms with Crippen molar-refractivity contribution in [2.75, 3.05) is 39.8 Å². The second kappa shape index (κ2) is 10.4. The lowest BCUT2D eigenvalue weighted by Crippen LogP contribution is -2.47. The molecule has 2 aromatic carbocycles. The minimum Gasteiger partial charge on any atom is -0.495 e. The van der Waals surface area contributed by atoms with Gasteiger partial charge in [-0.3, -0.25) is 4.79 Å². The maximum atomic E-state index is 13.4. The molecule has 1 amide bonds. The van der Waals surface area contributed by atoms with Crippen molar-refractivity contribution in [3.63, 3.8) is 0 Å². The molecule has 1 heterocycles. The number of rotatable bonds is 8. The van der Waals surface area contributed by atoms with E-state index in [9.17, 15) is 17.6 Å². The first-order chi connectivity index (χ1) is 14.8. The highest BCUT2D eigenvalue weighted by atomic mass is 35.5. The number of hydrogen-bond donors (Lipinski definition) is 1. The van der Waals surface area contributed by atoms with Crippen molar-refractivity contribution in [3.05, 3.63) is 58.9 Å². The van der Waals surface area contributed by atoms with Crippen LogP contribution in [-0.2, 0) is 21.4 Å². The van der Waals surface area contributed by atoms with E-state index in [0.717, 1.165) is 0 Å². The zero-order valence-corrected chi connectivity index (χ0v) is 18.8. The summed E-state index contributed by atoms with van der Waals surface area (Å²) in [6.45, 7) is 2.61. The normalized spacial score (nSPS) is 14.6. The minimum atomic E-state index is -3.97. The van der Waals surface area contributed by atoms with Crippen molar-refractivity contribution in [1.82, 2.24) is 14.5 Å². The molecule has 0 unspecified atom stereocenters. The molecule has 7 nitrogen and oxygen atoms in total. The standard InChI is InChI=1S/C21H25ClFN3O4S/c1-30-20-7-6-18(14-19(20)22)31(28,29)26(15-16-2-4-17(23)5-3-16)11-8-21(27)25-12-9-24-10-13-25/h2-7,14,24H,8-13,15H2,1H3. The molecule has 1 N–H and O–H groups in total. The Kier molecular flexibility index (Phi) is 7.88. The summed E-state index contributed by atoms with van der Waals surface area (Å²) in [7, 11) is -2.52. The van der Waals surface area contributed by atoms with Crippen molar-refractivity contribution in [3.8, 4) is 5.75 Å². The van der Waals surface area contributed by atoms with Gasteiger partial charge in [0.15, 0.2) is 0 Å². The number of methoxy groups -OCH3 is 1. The summed E-state index contributed by atoms with van der Waals surface area (Å²) in [4.78, 5) is 14.3. The van der Waals surface area contributed by atoms with Crippen LogP contribution in [0.2, 0.25) is 5.02 Å². The van der Waals surface area contributed by atoms with Gasteiger partial charge in [0.05, 0.1) is 17.0 Å². The van der Waals surface area contributed by atoms with Gasteiger partial charge in [-0.15, -0.1) is 0 Å². The van der Waals surface area contributed by atoms with Gasteiger partial charge < -0.3 is 15.0 Å². The van der Waals surface area contributed by atoms with E-state index < -0.39 is 15.8 Å². The quantitative estimate of drug-likeness (QED) is 0.642. The lowest BCUT2D eigenvalue weighted by atomic mass is 10.2. The number of benzene rings is 2. The number of carbonyl (C=O) groups excluding carboxylic acids is 1. The molecule has 10 heteroatoms. The molecular weight excluding hydrogens is 445 g/mol. The molecule has 0 aromatic heterocycles. The van der Waals surface area contributed by atoms with Crippen molar-refractivity contribution in [2.45, 2.75) is 17.9 Å². The predicted molar refractivity (Wildman–Crippen MR) is 116 cm³/mol. The van der Waals surface area contributed by atoms with E-state index in [2.05, 4.69) is 5.32 Å². The summed E-state index contributed by atoms with van der Waals surface area (Å²) in [5.41, 5.74) is 0.610. The van der Waals surface area contributed by atoms with Gasteiger partial charge in [0.1, 0.15) is 11.6 Å². The third-order valence-corrected chi connectivity index (χ3v) is 7.21. The Morgan fingerprint density at radius 2 is 1.87 bits per heavy atom. The fourth-order valence-electron chi connectivity index (χ4n) is 3.33. The molecule has 0 saturated carbocycles. The van der Waals surface area contributed by atoms with Gasteiger partial charge >= 0.3 is 0 Å². The molecule has 1 saturated heterocycles. The van der Waals surface area contributed by atoms with Gasteiger partial charge in [-0.05, 0) is 35.9 Å². The number of piperazine rings is 1. The number of hydrogen-bond acceptors (Lipinski definition) is 5. The Balaban J connectivity index is 1.83. The Labute approximate surface area is 186 Å². The van der Waals surface area contributed by atoms with Crippen LogP contribution in [0.4, 0.5) is 4.39 Å². The van der Waals surface area contributed by atoms with Crippen molar-refractivity contribution in [1.29, 1.82) is 0 Å². The van der Waals surface area contributed by atoms with E-state index in [-0.39, 0.29) is 35.3 Å². The Bertz CT molecular complexity index is 1010. The maximum Gasteiger partial charge on any atom is 0.243 e. The van der Waals surface area contributed by atoms with Crippen LogP contribution in [0, 0.1) is 5.82 Å². The largest absolute Gasteiger partial charge is 0.495 e. The number of ether oxygens (including phenoxy) is 1. The molecule has 2 aromatic rings. The molecule has 0 atom stereocenters. The SMILES string of the molecule is COc1ccc(S(=O)(=O)N(CCC(=O)N2CCNCC2)Cc2ccc(F)cc2)cc1Cl. The van der Waals surface area contributed by atoms with Crippen LogP contribution in [0.5, 0.6) is 5.75 Å². The molecule has 0 radical (unpaired) electrons. The minimum absolute atomic E-state index is 0.00109. The average Bonchev–Trinajstić information content (AvgIpc) is 2.78. The molecule has 0 spiro atoms. The Morgan fingerprint density at radius 3 is 2.48 bits per heavy atom. The second-order valence-corrected chi connectivity index (χ2v) is 9.49. The lowest BCUT2D eigenvalue weighted by Gasteiger charge is -2.29. The Hall–Kier alpha value is -2.20. The highest BCUT2D eigenvalue weighted by Crippen LogP contribution is 2.29. The number of halogens is 2. The molecule has 3 rings (SSSR count). The Morgan fingerprint density at radius 1 is 1.19 bits per heavy atom. The van der Waals surface area contributed by atoms with E-state index in [1.54, 1.807) is 4.90 Å². The van der Waals surface area contributed by atoms with Crippen LogP contribution >= 0.6 is 11.6 Å². The first-order valence-corrected chi connectivity index (χ1v) is 11.7. The number of nitrogens with zero attached hydrogens (tertiary/aromatic N) is 2. The second-order valence-electron chi connectivity index (χ2n) is 7.14. The monoisotopic (exact) mass is 469 g/mol. The molecule has 1 aliphatic heterocycles. The average molecular weight is 470 g/mol. The number of amides is 1. The zero-order chi connectivity index (χ0) is 22.4. The van der Waals surface area contributed by atoms with Crippen LogP contribution < -0.4 is 10.1 Å². The van der Waals surface area contributed by atoms with Gasteiger partial charge in [-0.1, -0.05) is 23.7 Å². The molecular formula is C21H25ClFN3O4S. The molecule has 0 bridgehead atoms. The van der Waals surface area contributed by atoms with Crippen LogP contribution in [0.1, 0.15) is 12.0 Å². The highest BCUT2D eigenvalue weighted by molar-refractivity contribution is 7.89. The van der Waals surface area contributed by atoms with Crippen molar-refractivity contribution >= 4 is 27.5 Å². The summed E-state index contributed by atoms with van der Waals surface area (Å²) in [5, 5.41) is 3.35. The first kappa shape index (κ1) is 23.5. The van der Waals surface area contributed by atoms with E-state index in [0.29, 0.717) is 37.5 Å². The van der Waals surface area contributed by atoms with Gasteiger partial charge in [0.2, 0.25) is 15.9 Å². The van der Waals surface area contributed by atoms with Gasteiger partial charge in [0, 0.05) is 45.7 Å². The molecule has 31 heavy (non-hydrogen) atoms. The molecule has 168 valence electrons. The van der Waals surface area contributed by atoms with Gasteiger partial charge in [-0.25, -0.2) is 12.8 Å². The summed E-state index contributed by atoms with van der Waals surface area (Å²) in [6, 6.07) is 9.82. The maximum absolute atomic E-state index is 13.4. The summed E-state index contributed by atoms with van der Waals surface area (Å²) >= 11 is 6.13. The fourth-order valence-corrected chi connectivity index (χ4v) is 5.10. The van der Waals surface area contributed by atoms with Crippen molar-refractivity contribution < 1.29 is 22.3 Å². The topological polar surface area (TPSA) is 79.0 Å². The third kappa shape index (κ3) is 5.94. The zero-order valence-electron chi connectivity index (χ0n) is 17.2. The first-order valence-electron chi connectivity index (χ1n) is 9.88. The number of nitrogens with one attached hydrogen (secondary N) is 1. The van der Waals surface area contributed by atoms with Crippen LogP contribution in [0.3, 0.4) is 0 Å². The summed E-state index contributed by atoms with van der Waals surface area (Å²) in [6.07, 6.45) is 0.0459. The van der Waals surface area contributed by atoms with E-state index in [4.69, 9.17) is 16.3 Å². The van der Waals surface area contributed by atoms with Gasteiger partial charge in [0.25, 0.3) is 0 Å². The molecule has 0 aliphatic carbocycles. The highest BCUT2D eigenvalue weighted by Gasteiger charge is 2.27. The number of sulfonamides is 1. The van der Waals surface area contributed by atoms with Gasteiger partial charge in [-0.2, -0.15) is 4.31 Å². The molecule has 1 fully saturated rings. The molecule has 1 aliphatic rings. The van der Waals surface area contributed by atoms with Crippen molar-refractivity contribution in [2.24, 2.45) is 0 Å². The van der Waals surface area contributed by atoms with Crippen LogP contribution in [-0.4, -0.2) is 63.4 Å². The van der Waals surface area contributed by atoms with E-state index in [1.165, 1.54) is 53.9 Å². The van der Waals surface area contributed by atoms with E-state index >= 15 is 0 Å². The fraction of sp³-hybridized carbons (Fsp3) is 0.381.